The molecule has 1 atom stereocenters. The molecule has 0 spiro atoms. The van der Waals surface area contributed by atoms with Gasteiger partial charge < -0.3 is 4.90 Å². The number of fused-ring (bicyclic) bond motifs is 2. The Bertz CT molecular complexity index is 1360. The molecule has 0 bridgehead atoms. The van der Waals surface area contributed by atoms with Crippen LogP contribution >= 0.6 is 0 Å². The first-order valence-electron chi connectivity index (χ1n) is 10.6. The van der Waals surface area contributed by atoms with Gasteiger partial charge in [0.2, 0.25) is 0 Å². The molecule has 0 saturated heterocycles. The van der Waals surface area contributed by atoms with Crippen molar-refractivity contribution < 1.29 is 18.0 Å². The van der Waals surface area contributed by atoms with E-state index in [4.69, 9.17) is 0 Å². The highest BCUT2D eigenvalue weighted by atomic mass is 19.4. The molecule has 3 heterocycles. The summed E-state index contributed by atoms with van der Waals surface area (Å²) < 4.78 is 40.6. The molecule has 0 saturated carbocycles. The van der Waals surface area contributed by atoms with Gasteiger partial charge in [-0.3, -0.25) is 14.5 Å². The van der Waals surface area contributed by atoms with Crippen molar-refractivity contribution in [2.75, 3.05) is 6.54 Å². The van der Waals surface area contributed by atoms with E-state index in [0.717, 1.165) is 40.0 Å². The number of hydrogen-bond donors (Lipinski definition) is 0. The number of nitrogens with zero attached hydrogens (tertiary/aromatic N) is 4. The molecule has 0 aliphatic carbocycles. The first-order valence-corrected chi connectivity index (χ1v) is 10.6. The third kappa shape index (κ3) is 3.65. The van der Waals surface area contributed by atoms with Crippen LogP contribution in [0.5, 0.6) is 0 Å². The van der Waals surface area contributed by atoms with Gasteiger partial charge in [0.25, 0.3) is 5.91 Å². The summed E-state index contributed by atoms with van der Waals surface area (Å²) in [5.74, 6) is -0.0827. The van der Waals surface area contributed by atoms with Crippen LogP contribution in [0.1, 0.15) is 40.1 Å². The largest absolute Gasteiger partial charge is 0.416 e. The highest BCUT2D eigenvalue weighted by Crippen LogP contribution is 2.37. The summed E-state index contributed by atoms with van der Waals surface area (Å²) in [6, 6.07) is 14.1. The van der Waals surface area contributed by atoms with Crippen LogP contribution in [0.3, 0.4) is 0 Å². The zero-order valence-corrected chi connectivity index (χ0v) is 18.1. The van der Waals surface area contributed by atoms with Crippen molar-refractivity contribution in [2.24, 2.45) is 7.05 Å². The first-order chi connectivity index (χ1) is 15.7. The Hall–Kier alpha value is -3.68. The third-order valence-electron chi connectivity index (χ3n) is 6.24. The van der Waals surface area contributed by atoms with Crippen molar-refractivity contribution in [2.45, 2.75) is 25.6 Å². The van der Waals surface area contributed by atoms with Crippen molar-refractivity contribution in [1.82, 2.24) is 19.7 Å². The van der Waals surface area contributed by atoms with Gasteiger partial charge in [-0.2, -0.15) is 18.3 Å². The molecular formula is C25H21F3N4O. The van der Waals surface area contributed by atoms with Gasteiger partial charge in [0.05, 0.1) is 28.5 Å². The summed E-state index contributed by atoms with van der Waals surface area (Å²) >= 11 is 0. The minimum atomic E-state index is -4.38. The normalized spacial score (nSPS) is 16.2. The van der Waals surface area contributed by atoms with Gasteiger partial charge in [0.1, 0.15) is 0 Å². The van der Waals surface area contributed by atoms with Crippen molar-refractivity contribution in [3.63, 3.8) is 0 Å². The lowest BCUT2D eigenvalue weighted by atomic mass is 9.94. The number of aromatic nitrogens is 3. The van der Waals surface area contributed by atoms with E-state index in [1.165, 1.54) is 12.1 Å². The second kappa shape index (κ2) is 7.72. The molecule has 1 amide bonds. The van der Waals surface area contributed by atoms with E-state index in [2.05, 4.69) is 10.1 Å². The predicted octanol–water partition coefficient (Wildman–Crippen LogP) is 5.41. The lowest BCUT2D eigenvalue weighted by Crippen LogP contribution is -2.38. The van der Waals surface area contributed by atoms with Gasteiger partial charge in [0, 0.05) is 41.9 Å². The molecular weight excluding hydrogens is 429 g/mol. The number of hydrogen-bond acceptors (Lipinski definition) is 3. The minimum absolute atomic E-state index is 0.0827. The Kier molecular flexibility index (Phi) is 4.96. The minimum Gasteiger partial charge on any atom is -0.330 e. The van der Waals surface area contributed by atoms with Gasteiger partial charge in [-0.25, -0.2) is 0 Å². The average molecular weight is 450 g/mol. The summed E-state index contributed by atoms with van der Waals surface area (Å²) in [6.07, 6.45) is -2.09. The van der Waals surface area contributed by atoms with Crippen LogP contribution in [-0.2, 0) is 19.6 Å². The van der Waals surface area contributed by atoms with Crippen LogP contribution in [0.4, 0.5) is 13.2 Å². The van der Waals surface area contributed by atoms with Crippen molar-refractivity contribution in [1.29, 1.82) is 0 Å². The van der Waals surface area contributed by atoms with Crippen molar-refractivity contribution in [3.8, 4) is 11.3 Å². The van der Waals surface area contributed by atoms with Crippen LogP contribution in [-0.4, -0.2) is 32.1 Å². The van der Waals surface area contributed by atoms with Crippen LogP contribution in [0.2, 0.25) is 0 Å². The fourth-order valence-corrected chi connectivity index (χ4v) is 4.57. The van der Waals surface area contributed by atoms with Crippen LogP contribution in [0.15, 0.2) is 60.8 Å². The smallest absolute Gasteiger partial charge is 0.330 e. The number of halogens is 3. The average Bonchev–Trinajstić information content (AvgIpc) is 3.15. The predicted molar refractivity (Wildman–Crippen MR) is 119 cm³/mol. The summed E-state index contributed by atoms with van der Waals surface area (Å²) in [5.41, 5.74) is 3.94. The second-order valence-electron chi connectivity index (χ2n) is 8.25. The standard InChI is InChI=1S/C25H21F3N4O/c1-15-22-20(23(31(2)30-22)16-5-8-19(9-6-16)25(26,27)28)11-13-32(15)24(33)18-7-10-21-17(14-18)4-3-12-29-21/h3-10,12,14-15H,11,13H2,1-2H3/t15-/m0/s1. The van der Waals surface area contributed by atoms with E-state index in [0.29, 0.717) is 24.1 Å². The monoisotopic (exact) mass is 450 g/mol. The molecule has 5 nitrogen and oxygen atoms in total. The SMILES string of the molecule is C[C@H]1c2nn(C)c(-c3ccc(C(F)(F)F)cc3)c2CCN1C(=O)c1ccc2ncccc2c1. The molecule has 4 aromatic rings. The number of carbonyl (C=O) groups excluding carboxylic acids is 1. The molecule has 0 radical (unpaired) electrons. The van der Waals surface area contributed by atoms with E-state index in [1.54, 1.807) is 28.9 Å². The van der Waals surface area contributed by atoms with Gasteiger partial charge >= 0.3 is 6.18 Å². The molecule has 0 N–H and O–H groups in total. The Morgan fingerprint density at radius 2 is 1.85 bits per heavy atom. The Morgan fingerprint density at radius 1 is 1.09 bits per heavy atom. The third-order valence-corrected chi connectivity index (χ3v) is 6.24. The number of amides is 1. The number of aryl methyl sites for hydroxylation is 1. The van der Waals surface area contributed by atoms with E-state index >= 15 is 0 Å². The van der Waals surface area contributed by atoms with E-state index in [1.807, 2.05) is 31.2 Å². The zero-order valence-electron chi connectivity index (χ0n) is 18.1. The summed E-state index contributed by atoms with van der Waals surface area (Å²) in [7, 11) is 1.78. The van der Waals surface area contributed by atoms with Gasteiger partial charge in [0.15, 0.2) is 0 Å². The lowest BCUT2D eigenvalue weighted by molar-refractivity contribution is -0.137. The fraction of sp³-hybridized carbons (Fsp3) is 0.240. The Balaban J connectivity index is 1.46. The molecule has 8 heteroatoms. The molecule has 168 valence electrons. The number of rotatable bonds is 2. The molecule has 1 aliphatic heterocycles. The highest BCUT2D eigenvalue weighted by molar-refractivity contribution is 5.98. The lowest BCUT2D eigenvalue weighted by Gasteiger charge is -2.33. The number of alkyl halides is 3. The van der Waals surface area contributed by atoms with E-state index in [9.17, 15) is 18.0 Å². The highest BCUT2D eigenvalue weighted by Gasteiger charge is 2.34. The van der Waals surface area contributed by atoms with Gasteiger partial charge in [-0.15, -0.1) is 0 Å². The van der Waals surface area contributed by atoms with Gasteiger partial charge in [-0.05, 0) is 49.7 Å². The van der Waals surface area contributed by atoms with Gasteiger partial charge in [-0.1, -0.05) is 18.2 Å². The zero-order chi connectivity index (χ0) is 23.3. The van der Waals surface area contributed by atoms with Crippen molar-refractivity contribution in [3.05, 3.63) is 83.2 Å². The summed E-state index contributed by atoms with van der Waals surface area (Å²) in [5, 5.41) is 5.55. The molecule has 0 fully saturated rings. The van der Waals surface area contributed by atoms with E-state index in [-0.39, 0.29) is 11.9 Å². The maximum absolute atomic E-state index is 13.3. The maximum Gasteiger partial charge on any atom is 0.416 e. The molecule has 33 heavy (non-hydrogen) atoms. The molecule has 2 aromatic heterocycles. The number of carbonyl (C=O) groups is 1. The molecule has 5 rings (SSSR count). The van der Waals surface area contributed by atoms with Crippen LogP contribution in [0, 0.1) is 0 Å². The Labute approximate surface area is 188 Å². The summed E-state index contributed by atoms with van der Waals surface area (Å²) in [4.78, 5) is 19.4. The topological polar surface area (TPSA) is 51.0 Å². The fourth-order valence-electron chi connectivity index (χ4n) is 4.57. The quantitative estimate of drug-likeness (QED) is 0.410. The number of pyridine rings is 1. The van der Waals surface area contributed by atoms with Crippen molar-refractivity contribution >= 4 is 16.8 Å². The first kappa shape index (κ1) is 21.2. The maximum atomic E-state index is 13.3. The number of benzene rings is 2. The molecule has 0 unspecified atom stereocenters. The Morgan fingerprint density at radius 3 is 2.58 bits per heavy atom. The summed E-state index contributed by atoms with van der Waals surface area (Å²) in [6.45, 7) is 2.43. The second-order valence-corrected chi connectivity index (χ2v) is 8.25. The van der Waals surface area contributed by atoms with Crippen LogP contribution < -0.4 is 0 Å². The van der Waals surface area contributed by atoms with Crippen LogP contribution in [0.25, 0.3) is 22.2 Å². The van der Waals surface area contributed by atoms with E-state index < -0.39 is 11.7 Å². The molecule has 1 aliphatic rings. The molecule has 2 aromatic carbocycles.